The van der Waals surface area contributed by atoms with Crippen LogP contribution in [0.25, 0.3) is 0 Å². The Labute approximate surface area is 105 Å². The standard InChI is InChI=1S/C11H15ClN2O3/c1-14(6-8(15)7-17-2)11(16)9-4-3-5-13-10(9)12/h3-5,8,15H,6-7H2,1-2H3. The first kappa shape index (κ1) is 13.9. The second-order valence-corrected chi connectivity index (χ2v) is 3.99. The predicted molar refractivity (Wildman–Crippen MR) is 64.1 cm³/mol. The normalized spacial score (nSPS) is 12.2. The fraction of sp³-hybridized carbons (Fsp3) is 0.455. The van der Waals surface area contributed by atoms with Crippen molar-refractivity contribution in [3.05, 3.63) is 29.0 Å². The van der Waals surface area contributed by atoms with Crippen LogP contribution in [0.3, 0.4) is 0 Å². The average molecular weight is 259 g/mol. The summed E-state index contributed by atoms with van der Waals surface area (Å²) in [6, 6.07) is 3.23. The van der Waals surface area contributed by atoms with E-state index in [9.17, 15) is 9.90 Å². The van der Waals surface area contributed by atoms with Crippen molar-refractivity contribution < 1.29 is 14.6 Å². The van der Waals surface area contributed by atoms with E-state index in [0.717, 1.165) is 0 Å². The minimum atomic E-state index is -0.718. The number of likely N-dealkylation sites (N-methyl/N-ethyl adjacent to an activating group) is 1. The van der Waals surface area contributed by atoms with E-state index in [2.05, 4.69) is 4.98 Å². The van der Waals surface area contributed by atoms with Gasteiger partial charge in [0.25, 0.3) is 5.91 Å². The Morgan fingerprint density at radius 2 is 2.41 bits per heavy atom. The SMILES string of the molecule is COCC(O)CN(C)C(=O)c1cccnc1Cl. The second kappa shape index (κ2) is 6.54. The molecule has 1 atom stereocenters. The summed E-state index contributed by atoms with van der Waals surface area (Å²) in [6.45, 7) is 0.357. The van der Waals surface area contributed by atoms with Crippen molar-refractivity contribution in [2.24, 2.45) is 0 Å². The third-order valence-corrected chi connectivity index (χ3v) is 2.48. The van der Waals surface area contributed by atoms with Gasteiger partial charge < -0.3 is 14.7 Å². The molecule has 0 saturated heterocycles. The summed E-state index contributed by atoms with van der Waals surface area (Å²) in [5.41, 5.74) is 0.321. The molecule has 1 aromatic rings. The van der Waals surface area contributed by atoms with E-state index in [1.54, 1.807) is 19.2 Å². The molecule has 0 aromatic carbocycles. The highest BCUT2D eigenvalue weighted by Crippen LogP contribution is 2.13. The molecule has 0 saturated carbocycles. The van der Waals surface area contributed by atoms with E-state index >= 15 is 0 Å². The molecule has 1 N–H and O–H groups in total. The first-order valence-corrected chi connectivity index (χ1v) is 5.47. The van der Waals surface area contributed by atoms with Crippen molar-refractivity contribution in [2.45, 2.75) is 6.10 Å². The molecular formula is C11H15ClN2O3. The maximum absolute atomic E-state index is 12.0. The number of methoxy groups -OCH3 is 1. The largest absolute Gasteiger partial charge is 0.389 e. The lowest BCUT2D eigenvalue weighted by Crippen LogP contribution is -2.36. The van der Waals surface area contributed by atoms with Crippen molar-refractivity contribution in [3.63, 3.8) is 0 Å². The average Bonchev–Trinajstić information content (AvgIpc) is 2.29. The van der Waals surface area contributed by atoms with Gasteiger partial charge in [-0.1, -0.05) is 11.6 Å². The van der Waals surface area contributed by atoms with Crippen LogP contribution in [0.1, 0.15) is 10.4 Å². The number of aliphatic hydroxyl groups excluding tert-OH is 1. The van der Waals surface area contributed by atoms with Crippen LogP contribution in [0.5, 0.6) is 0 Å². The number of halogens is 1. The summed E-state index contributed by atoms with van der Waals surface area (Å²) in [4.78, 5) is 17.2. The molecule has 1 unspecified atom stereocenters. The van der Waals surface area contributed by atoms with Gasteiger partial charge in [-0.05, 0) is 12.1 Å². The highest BCUT2D eigenvalue weighted by Gasteiger charge is 2.17. The molecule has 5 nitrogen and oxygen atoms in total. The Morgan fingerprint density at radius 3 is 3.00 bits per heavy atom. The molecule has 0 radical (unpaired) electrons. The lowest BCUT2D eigenvalue weighted by atomic mass is 10.2. The molecule has 0 aliphatic carbocycles. The van der Waals surface area contributed by atoms with Crippen LogP contribution < -0.4 is 0 Å². The molecule has 94 valence electrons. The molecule has 1 amide bonds. The fourth-order valence-corrected chi connectivity index (χ4v) is 1.60. The number of aliphatic hydroxyl groups is 1. The van der Waals surface area contributed by atoms with Crippen LogP contribution >= 0.6 is 11.6 Å². The fourth-order valence-electron chi connectivity index (χ4n) is 1.40. The van der Waals surface area contributed by atoms with Crippen LogP contribution in [-0.2, 0) is 4.74 Å². The summed E-state index contributed by atoms with van der Waals surface area (Å²) in [5.74, 6) is -0.279. The van der Waals surface area contributed by atoms with Crippen molar-refractivity contribution in [1.82, 2.24) is 9.88 Å². The Kier molecular flexibility index (Phi) is 5.34. The van der Waals surface area contributed by atoms with Gasteiger partial charge in [0.2, 0.25) is 0 Å². The highest BCUT2D eigenvalue weighted by molar-refractivity contribution is 6.32. The molecule has 1 rings (SSSR count). The van der Waals surface area contributed by atoms with E-state index < -0.39 is 6.10 Å². The van der Waals surface area contributed by atoms with Crippen LogP contribution in [0, 0.1) is 0 Å². The van der Waals surface area contributed by atoms with Crippen LogP contribution in [0.2, 0.25) is 5.15 Å². The van der Waals surface area contributed by atoms with Crippen molar-refractivity contribution in [3.8, 4) is 0 Å². The second-order valence-electron chi connectivity index (χ2n) is 3.64. The summed E-state index contributed by atoms with van der Waals surface area (Å²) in [5, 5.41) is 9.68. The number of carbonyl (C=O) groups excluding carboxylic acids is 1. The number of rotatable bonds is 5. The Balaban J connectivity index is 2.67. The van der Waals surface area contributed by atoms with Gasteiger partial charge in [-0.25, -0.2) is 4.98 Å². The van der Waals surface area contributed by atoms with Gasteiger partial charge in [0.15, 0.2) is 0 Å². The molecule has 0 aliphatic heterocycles. The van der Waals surface area contributed by atoms with E-state index in [1.165, 1.54) is 18.2 Å². The summed E-state index contributed by atoms with van der Waals surface area (Å²) >= 11 is 5.82. The van der Waals surface area contributed by atoms with Gasteiger partial charge in [0.1, 0.15) is 5.15 Å². The smallest absolute Gasteiger partial charge is 0.256 e. The maximum atomic E-state index is 12.0. The number of aromatic nitrogens is 1. The molecular weight excluding hydrogens is 244 g/mol. The van der Waals surface area contributed by atoms with Gasteiger partial charge >= 0.3 is 0 Å². The first-order valence-electron chi connectivity index (χ1n) is 5.09. The monoisotopic (exact) mass is 258 g/mol. The molecule has 0 spiro atoms. The van der Waals surface area contributed by atoms with Crippen LogP contribution in [-0.4, -0.2) is 54.3 Å². The zero-order chi connectivity index (χ0) is 12.8. The predicted octanol–water partition coefficient (Wildman–Crippen LogP) is 0.814. The van der Waals surface area contributed by atoms with Crippen LogP contribution in [0.15, 0.2) is 18.3 Å². The highest BCUT2D eigenvalue weighted by atomic mass is 35.5. The third kappa shape index (κ3) is 3.96. The summed E-state index contributed by atoms with van der Waals surface area (Å²) < 4.78 is 4.79. The zero-order valence-corrected chi connectivity index (χ0v) is 10.5. The van der Waals surface area contributed by atoms with Gasteiger partial charge in [0.05, 0.1) is 18.3 Å². The van der Waals surface area contributed by atoms with E-state index in [4.69, 9.17) is 16.3 Å². The molecule has 17 heavy (non-hydrogen) atoms. The summed E-state index contributed by atoms with van der Waals surface area (Å²) in [7, 11) is 3.08. The summed E-state index contributed by atoms with van der Waals surface area (Å²) in [6.07, 6.45) is 0.795. The number of hydrogen-bond acceptors (Lipinski definition) is 4. The van der Waals surface area contributed by atoms with Crippen molar-refractivity contribution >= 4 is 17.5 Å². The van der Waals surface area contributed by atoms with Gasteiger partial charge in [-0.3, -0.25) is 4.79 Å². The molecule has 6 heteroatoms. The first-order chi connectivity index (χ1) is 8.06. The Morgan fingerprint density at radius 1 is 1.71 bits per heavy atom. The van der Waals surface area contributed by atoms with Gasteiger partial charge in [-0.2, -0.15) is 0 Å². The topological polar surface area (TPSA) is 62.7 Å². The number of amides is 1. The number of carbonyl (C=O) groups is 1. The van der Waals surface area contributed by atoms with E-state index in [-0.39, 0.29) is 24.2 Å². The Bertz CT molecular complexity index is 387. The van der Waals surface area contributed by atoms with Gasteiger partial charge in [0, 0.05) is 26.9 Å². The van der Waals surface area contributed by atoms with Crippen molar-refractivity contribution in [2.75, 3.05) is 27.3 Å². The minimum absolute atomic E-state index is 0.158. The molecule has 0 aliphatic rings. The molecule has 0 bridgehead atoms. The minimum Gasteiger partial charge on any atom is -0.389 e. The number of ether oxygens (including phenoxy) is 1. The van der Waals surface area contributed by atoms with Crippen molar-refractivity contribution in [1.29, 1.82) is 0 Å². The van der Waals surface area contributed by atoms with E-state index in [1.807, 2.05) is 0 Å². The number of pyridine rings is 1. The lowest BCUT2D eigenvalue weighted by Gasteiger charge is -2.20. The lowest BCUT2D eigenvalue weighted by molar-refractivity contribution is 0.0380. The third-order valence-electron chi connectivity index (χ3n) is 2.18. The number of nitrogens with zero attached hydrogens (tertiary/aromatic N) is 2. The zero-order valence-electron chi connectivity index (χ0n) is 9.76. The molecule has 1 heterocycles. The van der Waals surface area contributed by atoms with E-state index in [0.29, 0.717) is 5.56 Å². The quantitative estimate of drug-likeness (QED) is 0.794. The molecule has 1 aromatic heterocycles. The maximum Gasteiger partial charge on any atom is 0.256 e. The number of hydrogen-bond donors (Lipinski definition) is 1. The van der Waals surface area contributed by atoms with Crippen LogP contribution in [0.4, 0.5) is 0 Å². The Hall–Kier alpha value is -1.17. The molecule has 0 fully saturated rings. The van der Waals surface area contributed by atoms with Gasteiger partial charge in [-0.15, -0.1) is 0 Å².